The van der Waals surface area contributed by atoms with Crippen LogP contribution in [0.4, 0.5) is 5.13 Å². The first-order valence-electron chi connectivity index (χ1n) is 14.8. The molecule has 4 heterocycles. The molecule has 1 aromatic carbocycles. The minimum Gasteiger partial charge on any atom is -0.497 e. The monoisotopic (exact) mass is 736 g/mol. The van der Waals surface area contributed by atoms with Gasteiger partial charge in [-0.1, -0.05) is 5.16 Å². The summed E-state index contributed by atoms with van der Waals surface area (Å²) in [7, 11) is -3.30. The van der Waals surface area contributed by atoms with Crippen molar-refractivity contribution >= 4 is 56.1 Å². The van der Waals surface area contributed by atoms with Gasteiger partial charge in [0, 0.05) is 17.5 Å². The van der Waals surface area contributed by atoms with Crippen LogP contribution in [0.25, 0.3) is 0 Å². The number of ether oxygens (including phenoxy) is 1. The molecule has 2 aromatic heterocycles. The van der Waals surface area contributed by atoms with Crippen LogP contribution in [0.1, 0.15) is 29.8 Å². The number of hydrogen-bond acceptors (Lipinski definition) is 16. The maximum atomic E-state index is 12.8. The number of nitrogens with zero attached hydrogens (tertiary/aromatic N) is 7. The van der Waals surface area contributed by atoms with E-state index in [2.05, 4.69) is 40.8 Å². The molecule has 10 N–H and O–H groups in total. The van der Waals surface area contributed by atoms with E-state index in [0.717, 1.165) is 53.4 Å². The summed E-state index contributed by atoms with van der Waals surface area (Å²) in [5, 5.41) is 27.0. The second-order valence-electron chi connectivity index (χ2n) is 10.6. The van der Waals surface area contributed by atoms with Crippen molar-refractivity contribution in [2.75, 3.05) is 32.5 Å². The van der Waals surface area contributed by atoms with E-state index in [9.17, 15) is 27.4 Å². The number of β-lactam (4-membered cyclic amide) rings is 1. The standard InChI is InChI=1S/C14H17N9O8S2.C13H19N3O/c15-1-6-2-17-22(20-6)3-8-11(13(27)23(8)33(28,29)30)19-12(26)10(21-31-4-9(24)25)7-5-32-14(16)18-7;1-17-12-4-2-10(3-5-12)13(14)16-11-6-8-15-9-7-11/h2,5,8,11H,1,3-4,15H2,(H2,16,18)(H,19,26)(H,24,25)(H,28,29,30);2-5,11,15H,6-9H2,1H3,(H2,14,16)/b21-10-;. The number of nitrogen functional groups attached to an aromatic ring is 1. The van der Waals surface area contributed by atoms with Crippen LogP contribution in [0.2, 0.25) is 0 Å². The van der Waals surface area contributed by atoms with E-state index in [0.29, 0.717) is 17.6 Å². The van der Waals surface area contributed by atoms with Gasteiger partial charge in [0.2, 0.25) is 6.61 Å². The summed E-state index contributed by atoms with van der Waals surface area (Å²) in [6.45, 7) is 0.932. The van der Waals surface area contributed by atoms with Crippen molar-refractivity contribution in [3.8, 4) is 5.75 Å². The number of nitrogens with one attached hydrogen (secondary N) is 2. The number of aliphatic carboxylic acids is 1. The highest BCUT2D eigenvalue weighted by Crippen LogP contribution is 2.25. The molecular formula is C27H36N12O9S2. The number of anilines is 1. The lowest BCUT2D eigenvalue weighted by molar-refractivity contribution is -0.145. The largest absolute Gasteiger partial charge is 0.497 e. The number of aromatic nitrogens is 4. The predicted molar refractivity (Wildman–Crippen MR) is 178 cm³/mol. The quantitative estimate of drug-likeness (QED) is 0.0326. The second kappa shape index (κ2) is 16.9. The summed E-state index contributed by atoms with van der Waals surface area (Å²) in [5.41, 5.74) is 17.8. The highest BCUT2D eigenvalue weighted by atomic mass is 32.2. The maximum absolute atomic E-state index is 12.8. The smallest absolute Gasteiger partial charge is 0.362 e. The molecule has 3 aromatic rings. The van der Waals surface area contributed by atoms with E-state index in [4.69, 9.17) is 27.0 Å². The normalized spacial score (nSPS) is 18.5. The first kappa shape index (κ1) is 37.6. The lowest BCUT2D eigenvalue weighted by atomic mass is 9.98. The first-order valence-corrected chi connectivity index (χ1v) is 17.1. The van der Waals surface area contributed by atoms with Gasteiger partial charge < -0.3 is 42.5 Å². The number of thiazole rings is 1. The molecule has 2 unspecified atom stereocenters. The minimum atomic E-state index is -4.95. The van der Waals surface area contributed by atoms with Crippen LogP contribution in [0.5, 0.6) is 5.75 Å². The van der Waals surface area contributed by atoms with Crippen molar-refractivity contribution in [2.45, 2.75) is 44.1 Å². The number of hydrogen-bond donors (Lipinski definition) is 7. The molecule has 5 rings (SSSR count). The van der Waals surface area contributed by atoms with Crippen LogP contribution in [0.15, 0.2) is 46.0 Å². The van der Waals surface area contributed by atoms with E-state index < -0.39 is 52.5 Å². The summed E-state index contributed by atoms with van der Waals surface area (Å²) < 4.78 is 37.9. The van der Waals surface area contributed by atoms with E-state index in [1.165, 1.54) is 11.6 Å². The number of carboxylic acid groups (broad SMARTS) is 1. The molecule has 2 aliphatic rings. The molecule has 0 spiro atoms. The number of methoxy groups -OCH3 is 1. The van der Waals surface area contributed by atoms with E-state index >= 15 is 0 Å². The predicted octanol–water partition coefficient (Wildman–Crippen LogP) is -2.07. The molecule has 2 amide bonds. The molecule has 21 nitrogen and oxygen atoms in total. The van der Waals surface area contributed by atoms with Crippen LogP contribution in [-0.2, 0) is 42.6 Å². The summed E-state index contributed by atoms with van der Waals surface area (Å²) in [6.07, 6.45) is 3.46. The third-order valence-corrected chi connectivity index (χ3v) is 8.81. The molecule has 2 atom stereocenters. The molecule has 0 aliphatic carbocycles. The molecular weight excluding hydrogens is 701 g/mol. The average Bonchev–Trinajstić information content (AvgIpc) is 3.74. The molecule has 2 aliphatic heterocycles. The van der Waals surface area contributed by atoms with E-state index in [1.54, 1.807) is 7.11 Å². The Balaban J connectivity index is 0.000000276. The SMILES string of the molecule is COc1ccc(C(N)=NC2CCNCC2)cc1.NCc1cnn(CC2C(NC(=O)/C(=N\OCC(=O)O)c3csc(N)n3)C(=O)N2S(=O)(=O)O)n1. The van der Waals surface area contributed by atoms with E-state index in [-0.39, 0.29) is 28.2 Å². The van der Waals surface area contributed by atoms with Gasteiger partial charge in [0.05, 0.1) is 31.6 Å². The molecule has 2 fully saturated rings. The lowest BCUT2D eigenvalue weighted by Crippen LogP contribution is -2.73. The fourth-order valence-corrected chi connectivity index (χ4v) is 6.17. The fourth-order valence-electron chi connectivity index (χ4n) is 4.75. The molecule has 0 radical (unpaired) electrons. The molecule has 23 heteroatoms. The number of aliphatic imine (C=N–C) groups is 1. The van der Waals surface area contributed by atoms with Gasteiger partial charge in [0.1, 0.15) is 29.4 Å². The number of piperidine rings is 1. The number of amidine groups is 1. The average molecular weight is 737 g/mol. The summed E-state index contributed by atoms with van der Waals surface area (Å²) in [4.78, 5) is 49.9. The number of rotatable bonds is 13. The van der Waals surface area contributed by atoms with Crippen LogP contribution >= 0.6 is 11.3 Å². The maximum Gasteiger partial charge on any atom is 0.362 e. The number of benzene rings is 1. The van der Waals surface area contributed by atoms with Crippen LogP contribution in [0.3, 0.4) is 0 Å². The Morgan fingerprint density at radius 2 is 1.92 bits per heavy atom. The first-order chi connectivity index (χ1) is 23.8. The Hall–Kier alpha value is -5.23. The molecule has 50 heavy (non-hydrogen) atoms. The number of carbonyl (C=O) groups excluding carboxylic acids is 2. The zero-order valence-electron chi connectivity index (χ0n) is 26.6. The van der Waals surface area contributed by atoms with Crippen molar-refractivity contribution in [1.82, 2.24) is 34.9 Å². The van der Waals surface area contributed by atoms with Crippen LogP contribution in [0, 0.1) is 0 Å². The van der Waals surface area contributed by atoms with Crippen molar-refractivity contribution < 1.29 is 42.0 Å². The number of carboxylic acids is 1. The van der Waals surface area contributed by atoms with Gasteiger partial charge in [-0.2, -0.15) is 23.4 Å². The second-order valence-corrected chi connectivity index (χ2v) is 12.8. The number of nitrogens with two attached hydrogens (primary N) is 3. The van der Waals surface area contributed by atoms with Crippen LogP contribution < -0.4 is 32.6 Å². The van der Waals surface area contributed by atoms with Gasteiger partial charge in [-0.3, -0.25) is 19.1 Å². The zero-order chi connectivity index (χ0) is 36.4. The van der Waals surface area contributed by atoms with Gasteiger partial charge in [-0.25, -0.2) is 14.1 Å². The van der Waals surface area contributed by atoms with Gasteiger partial charge in [0.25, 0.3) is 11.8 Å². The van der Waals surface area contributed by atoms with E-state index in [1.807, 2.05) is 24.3 Å². The molecule has 0 saturated carbocycles. The van der Waals surface area contributed by atoms with Crippen molar-refractivity contribution in [3.63, 3.8) is 0 Å². The van der Waals surface area contributed by atoms with Gasteiger partial charge >= 0.3 is 16.3 Å². The number of carbonyl (C=O) groups is 3. The topological polar surface area (TPSA) is 318 Å². The molecule has 270 valence electrons. The summed E-state index contributed by atoms with van der Waals surface area (Å²) in [5.74, 6) is -2.08. The van der Waals surface area contributed by atoms with Crippen molar-refractivity contribution in [1.29, 1.82) is 0 Å². The van der Waals surface area contributed by atoms with Gasteiger partial charge in [-0.15, -0.1) is 11.3 Å². The van der Waals surface area contributed by atoms with Gasteiger partial charge in [-0.05, 0) is 50.2 Å². The molecule has 2 saturated heterocycles. The Morgan fingerprint density at radius 1 is 1.22 bits per heavy atom. The Morgan fingerprint density at radius 3 is 2.48 bits per heavy atom. The highest BCUT2D eigenvalue weighted by Gasteiger charge is 2.54. The van der Waals surface area contributed by atoms with Crippen LogP contribution in [-0.4, -0.2) is 117 Å². The Labute approximate surface area is 289 Å². The summed E-state index contributed by atoms with van der Waals surface area (Å²) in [6, 6.07) is 5.32. The third kappa shape index (κ3) is 9.91. The Kier molecular flexibility index (Phi) is 12.7. The number of amides is 2. The van der Waals surface area contributed by atoms with Gasteiger partial charge in [0.15, 0.2) is 10.8 Å². The van der Waals surface area contributed by atoms with Crippen molar-refractivity contribution in [3.05, 3.63) is 52.8 Å². The van der Waals surface area contributed by atoms with Crippen molar-refractivity contribution in [2.24, 2.45) is 21.6 Å². The minimum absolute atomic E-state index is 0.0543. The zero-order valence-corrected chi connectivity index (χ0v) is 28.2. The third-order valence-electron chi connectivity index (χ3n) is 7.19. The highest BCUT2D eigenvalue weighted by molar-refractivity contribution is 7.84. The number of oxime groups is 1. The fraction of sp³-hybridized carbons (Fsp3) is 0.407. The lowest BCUT2D eigenvalue weighted by Gasteiger charge is -2.43. The Bertz CT molecular complexity index is 1820. The summed E-state index contributed by atoms with van der Waals surface area (Å²) >= 11 is 0.956. The molecule has 0 bridgehead atoms.